The van der Waals surface area contributed by atoms with Crippen LogP contribution in [0.1, 0.15) is 17.5 Å². The van der Waals surface area contributed by atoms with E-state index in [4.69, 9.17) is 69.6 Å². The minimum atomic E-state index is -1.84. The standard InChI is InChI=1S/C9H8Cl6N4/c1-19(2)4-3-5-16-6(8(10,11)12)18-7(17-5)9(13,14)15/h3-4H,1-2H3/b4-3+. The fourth-order valence-electron chi connectivity index (χ4n) is 0.936. The van der Waals surface area contributed by atoms with Crippen molar-refractivity contribution in [2.45, 2.75) is 7.59 Å². The second-order valence-corrected chi connectivity index (χ2v) is 8.18. The van der Waals surface area contributed by atoms with Crippen LogP contribution in [0.4, 0.5) is 0 Å². The maximum Gasteiger partial charge on any atom is 0.250 e. The Morgan fingerprint density at radius 1 is 0.842 bits per heavy atom. The smallest absolute Gasteiger partial charge is 0.250 e. The third-order valence-corrected chi connectivity index (χ3v) is 2.70. The van der Waals surface area contributed by atoms with E-state index in [0.717, 1.165) is 0 Å². The molecule has 0 amide bonds. The summed E-state index contributed by atoms with van der Waals surface area (Å²) in [6.07, 6.45) is 3.27. The molecule has 0 atom stereocenters. The average Bonchev–Trinajstić information content (AvgIpc) is 2.23. The second-order valence-electron chi connectivity index (χ2n) is 3.62. The quantitative estimate of drug-likeness (QED) is 0.721. The van der Waals surface area contributed by atoms with E-state index in [-0.39, 0.29) is 17.5 Å². The number of alkyl halides is 6. The summed E-state index contributed by atoms with van der Waals surface area (Å²) in [5.74, 6) is -0.0224. The van der Waals surface area contributed by atoms with Crippen LogP contribution in [0.5, 0.6) is 0 Å². The Morgan fingerprint density at radius 3 is 1.58 bits per heavy atom. The van der Waals surface area contributed by atoms with Crippen molar-refractivity contribution < 1.29 is 0 Å². The van der Waals surface area contributed by atoms with Crippen LogP contribution in [0.3, 0.4) is 0 Å². The highest BCUT2D eigenvalue weighted by Gasteiger charge is 2.33. The van der Waals surface area contributed by atoms with Gasteiger partial charge in [0.15, 0.2) is 17.5 Å². The molecular weight excluding hydrogens is 377 g/mol. The minimum Gasteiger partial charge on any atom is -0.383 e. The first-order valence-corrected chi connectivity index (χ1v) is 7.02. The Bertz CT molecular complexity index is 444. The number of halogens is 6. The molecule has 0 aliphatic carbocycles. The lowest BCUT2D eigenvalue weighted by molar-refractivity contribution is 0.567. The van der Waals surface area contributed by atoms with Crippen molar-refractivity contribution in [2.24, 2.45) is 0 Å². The zero-order valence-electron chi connectivity index (χ0n) is 9.71. The van der Waals surface area contributed by atoms with Crippen molar-refractivity contribution in [3.05, 3.63) is 23.7 Å². The molecule has 0 N–H and O–H groups in total. The molecule has 0 aromatic carbocycles. The van der Waals surface area contributed by atoms with Crippen LogP contribution in [-0.2, 0) is 7.59 Å². The zero-order chi connectivity index (χ0) is 14.8. The molecule has 10 heteroatoms. The maximum atomic E-state index is 5.73. The predicted molar refractivity (Wildman–Crippen MR) is 81.0 cm³/mol. The topological polar surface area (TPSA) is 41.9 Å². The van der Waals surface area contributed by atoms with E-state index >= 15 is 0 Å². The number of hydrogen-bond acceptors (Lipinski definition) is 4. The zero-order valence-corrected chi connectivity index (χ0v) is 14.2. The van der Waals surface area contributed by atoms with Gasteiger partial charge in [-0.3, -0.25) is 0 Å². The lowest BCUT2D eigenvalue weighted by Gasteiger charge is -2.14. The predicted octanol–water partition coefficient (Wildman–Crippen LogP) is 4.06. The highest BCUT2D eigenvalue weighted by Crippen LogP contribution is 2.39. The van der Waals surface area contributed by atoms with Gasteiger partial charge in [0.2, 0.25) is 7.59 Å². The third-order valence-electron chi connectivity index (χ3n) is 1.68. The lowest BCUT2D eigenvalue weighted by Crippen LogP contribution is -2.17. The van der Waals surface area contributed by atoms with Crippen molar-refractivity contribution in [2.75, 3.05) is 14.1 Å². The van der Waals surface area contributed by atoms with E-state index in [1.807, 2.05) is 14.1 Å². The molecule has 1 heterocycles. The first kappa shape index (κ1) is 17.3. The molecule has 1 aromatic heterocycles. The Balaban J connectivity index is 3.33. The Hall–Kier alpha value is 0.290. The normalized spacial score (nSPS) is 13.1. The van der Waals surface area contributed by atoms with Gasteiger partial charge in [-0.1, -0.05) is 69.6 Å². The van der Waals surface area contributed by atoms with Crippen molar-refractivity contribution in [3.8, 4) is 0 Å². The van der Waals surface area contributed by atoms with Gasteiger partial charge in [0.1, 0.15) is 0 Å². The molecule has 0 saturated carbocycles. The van der Waals surface area contributed by atoms with E-state index in [1.54, 1.807) is 17.2 Å². The summed E-state index contributed by atoms with van der Waals surface area (Å²) >= 11 is 34.4. The minimum absolute atomic E-state index is 0.118. The number of nitrogens with zero attached hydrogens (tertiary/aromatic N) is 4. The van der Waals surface area contributed by atoms with E-state index in [0.29, 0.717) is 0 Å². The SMILES string of the molecule is CN(C)/C=C/c1nc(C(Cl)(Cl)Cl)nc(C(Cl)(Cl)Cl)n1. The number of aromatic nitrogens is 3. The van der Waals surface area contributed by atoms with Gasteiger partial charge in [-0.25, -0.2) is 15.0 Å². The van der Waals surface area contributed by atoms with Crippen LogP contribution in [0.25, 0.3) is 6.08 Å². The van der Waals surface area contributed by atoms with E-state index in [2.05, 4.69) is 15.0 Å². The summed E-state index contributed by atoms with van der Waals surface area (Å²) in [5.41, 5.74) is 0. The molecule has 0 bridgehead atoms. The highest BCUT2D eigenvalue weighted by molar-refractivity contribution is 6.67. The molecule has 0 aliphatic heterocycles. The van der Waals surface area contributed by atoms with Gasteiger partial charge in [0, 0.05) is 20.3 Å². The van der Waals surface area contributed by atoms with Crippen molar-refractivity contribution in [3.63, 3.8) is 0 Å². The molecule has 0 aliphatic rings. The van der Waals surface area contributed by atoms with Gasteiger partial charge in [-0.15, -0.1) is 0 Å². The Morgan fingerprint density at radius 2 is 1.26 bits per heavy atom. The molecule has 0 unspecified atom stereocenters. The Kier molecular flexibility index (Phi) is 5.82. The molecule has 1 rings (SSSR count). The monoisotopic (exact) mass is 382 g/mol. The summed E-state index contributed by atoms with van der Waals surface area (Å²) in [4.78, 5) is 13.6. The van der Waals surface area contributed by atoms with Gasteiger partial charge < -0.3 is 4.90 Å². The lowest BCUT2D eigenvalue weighted by atomic mass is 10.5. The first-order chi connectivity index (χ1) is 8.50. The van der Waals surface area contributed by atoms with Gasteiger partial charge in [-0.2, -0.15) is 0 Å². The molecular formula is C9H8Cl6N4. The summed E-state index contributed by atoms with van der Waals surface area (Å²) in [5, 5.41) is 0. The van der Waals surface area contributed by atoms with E-state index in [1.165, 1.54) is 0 Å². The van der Waals surface area contributed by atoms with Gasteiger partial charge in [-0.05, 0) is 6.08 Å². The van der Waals surface area contributed by atoms with E-state index in [9.17, 15) is 0 Å². The maximum absolute atomic E-state index is 5.73. The second kappa shape index (κ2) is 6.37. The van der Waals surface area contributed by atoms with Crippen LogP contribution < -0.4 is 0 Å². The van der Waals surface area contributed by atoms with Crippen molar-refractivity contribution in [1.29, 1.82) is 0 Å². The molecule has 19 heavy (non-hydrogen) atoms. The molecule has 0 fully saturated rings. The molecule has 0 spiro atoms. The summed E-state index contributed by atoms with van der Waals surface area (Å²) in [7, 11) is 3.65. The van der Waals surface area contributed by atoms with Crippen molar-refractivity contribution in [1.82, 2.24) is 19.9 Å². The van der Waals surface area contributed by atoms with Crippen molar-refractivity contribution >= 4 is 75.7 Å². The highest BCUT2D eigenvalue weighted by atomic mass is 35.6. The molecule has 106 valence electrons. The van der Waals surface area contributed by atoms with Gasteiger partial charge >= 0.3 is 0 Å². The number of rotatable bonds is 2. The van der Waals surface area contributed by atoms with Crippen LogP contribution in [-0.4, -0.2) is 33.9 Å². The van der Waals surface area contributed by atoms with Gasteiger partial charge in [0.05, 0.1) is 0 Å². The molecule has 0 radical (unpaired) electrons. The first-order valence-electron chi connectivity index (χ1n) is 4.75. The average molecular weight is 385 g/mol. The number of hydrogen-bond donors (Lipinski definition) is 0. The Labute approximate surface area is 140 Å². The van der Waals surface area contributed by atoms with Crippen LogP contribution in [0, 0.1) is 0 Å². The fraction of sp³-hybridized carbons (Fsp3) is 0.444. The van der Waals surface area contributed by atoms with E-state index < -0.39 is 7.59 Å². The largest absolute Gasteiger partial charge is 0.383 e. The summed E-state index contributed by atoms with van der Waals surface area (Å²) in [6, 6.07) is 0. The summed E-state index contributed by atoms with van der Waals surface area (Å²) in [6.45, 7) is 0. The third kappa shape index (κ3) is 5.66. The molecule has 0 saturated heterocycles. The van der Waals surface area contributed by atoms with Crippen LogP contribution >= 0.6 is 69.6 Å². The summed E-state index contributed by atoms with van der Waals surface area (Å²) < 4.78 is -3.68. The fourth-order valence-corrected chi connectivity index (χ4v) is 1.44. The molecule has 4 nitrogen and oxygen atoms in total. The molecule has 1 aromatic rings. The van der Waals surface area contributed by atoms with Crippen LogP contribution in [0.15, 0.2) is 6.20 Å². The van der Waals surface area contributed by atoms with Crippen LogP contribution in [0.2, 0.25) is 0 Å². The van der Waals surface area contributed by atoms with Gasteiger partial charge in [0.25, 0.3) is 0 Å².